The first-order valence-electron chi connectivity index (χ1n) is 11.9. The Balaban J connectivity index is 1.24. The van der Waals surface area contributed by atoms with Crippen molar-refractivity contribution in [2.45, 2.75) is 20.1 Å². The van der Waals surface area contributed by atoms with Crippen LogP contribution >= 0.6 is 0 Å². The highest BCUT2D eigenvalue weighted by atomic mass is 16.7. The highest BCUT2D eigenvalue weighted by Gasteiger charge is 2.15. The predicted octanol–water partition coefficient (Wildman–Crippen LogP) is 5.99. The first kappa shape index (κ1) is 23.3. The highest BCUT2D eigenvalue weighted by molar-refractivity contribution is 5.94. The van der Waals surface area contributed by atoms with Crippen molar-refractivity contribution in [2.24, 2.45) is 0 Å². The Bertz CT molecular complexity index is 1340. The van der Waals surface area contributed by atoms with Crippen molar-refractivity contribution < 1.29 is 23.7 Å². The number of amides is 1. The monoisotopic (exact) mass is 481 g/mol. The van der Waals surface area contributed by atoms with Gasteiger partial charge >= 0.3 is 0 Å². The van der Waals surface area contributed by atoms with Crippen LogP contribution in [0.2, 0.25) is 0 Å². The number of fused-ring (bicyclic) bond motifs is 1. The van der Waals surface area contributed by atoms with Crippen LogP contribution in [0.1, 0.15) is 28.4 Å². The van der Waals surface area contributed by atoms with Crippen molar-refractivity contribution >= 4 is 5.91 Å². The third kappa shape index (κ3) is 5.44. The van der Waals surface area contributed by atoms with Crippen molar-refractivity contribution in [3.05, 3.63) is 108 Å². The maximum atomic E-state index is 12.9. The molecule has 1 amide bonds. The van der Waals surface area contributed by atoms with Crippen LogP contribution in [0, 0.1) is 0 Å². The van der Waals surface area contributed by atoms with Crippen LogP contribution in [0.15, 0.2) is 91.0 Å². The molecule has 4 aromatic rings. The van der Waals surface area contributed by atoms with E-state index in [0.717, 1.165) is 33.8 Å². The van der Waals surface area contributed by atoms with Gasteiger partial charge in [-0.2, -0.15) is 0 Å². The third-order valence-corrected chi connectivity index (χ3v) is 5.87. The molecule has 0 atom stereocenters. The molecule has 1 N–H and O–H groups in total. The fraction of sp³-hybridized carbons (Fsp3) is 0.167. The van der Waals surface area contributed by atoms with E-state index in [1.807, 2.05) is 79.7 Å². The summed E-state index contributed by atoms with van der Waals surface area (Å²) in [6.07, 6.45) is 0. The van der Waals surface area contributed by atoms with Crippen molar-refractivity contribution in [1.29, 1.82) is 0 Å². The van der Waals surface area contributed by atoms with Crippen molar-refractivity contribution in [3.63, 3.8) is 0 Å². The summed E-state index contributed by atoms with van der Waals surface area (Å²) in [5, 5.41) is 2.96. The van der Waals surface area contributed by atoms with Crippen LogP contribution in [0.4, 0.5) is 0 Å². The molecule has 5 rings (SSSR count). The van der Waals surface area contributed by atoms with Gasteiger partial charge in [0, 0.05) is 17.7 Å². The van der Waals surface area contributed by atoms with E-state index < -0.39 is 0 Å². The molecular formula is C30H27NO5. The summed E-state index contributed by atoms with van der Waals surface area (Å²) in [7, 11) is 0. The number of carbonyl (C=O) groups excluding carboxylic acids is 1. The fourth-order valence-electron chi connectivity index (χ4n) is 4.00. The molecule has 1 aliphatic rings. The van der Waals surface area contributed by atoms with Crippen molar-refractivity contribution in [3.8, 4) is 34.1 Å². The standard InChI is InChI=1S/C30H27NO5/c1-2-33-27-15-11-24(30(32)31-18-21-8-14-28-29(16-21)36-20-35-28)17-25(27)19-34-26-12-9-23(10-13-26)22-6-4-3-5-7-22/h3-17H,2,18-20H2,1H3,(H,31,32). The number of hydrogen-bond acceptors (Lipinski definition) is 5. The van der Waals surface area contributed by atoms with Gasteiger partial charge in [0.25, 0.3) is 5.91 Å². The smallest absolute Gasteiger partial charge is 0.251 e. The number of rotatable bonds is 9. The molecule has 0 spiro atoms. The van der Waals surface area contributed by atoms with Crippen LogP contribution in [-0.2, 0) is 13.2 Å². The van der Waals surface area contributed by atoms with Gasteiger partial charge in [-0.3, -0.25) is 4.79 Å². The molecule has 0 bridgehead atoms. The summed E-state index contributed by atoms with van der Waals surface area (Å²) < 4.78 is 22.6. The van der Waals surface area contributed by atoms with Crippen molar-refractivity contribution in [1.82, 2.24) is 5.32 Å². The molecule has 0 unspecified atom stereocenters. The van der Waals surface area contributed by atoms with Crippen LogP contribution in [0.25, 0.3) is 11.1 Å². The van der Waals surface area contributed by atoms with Gasteiger partial charge in [0.15, 0.2) is 11.5 Å². The van der Waals surface area contributed by atoms with Crippen LogP contribution in [0.5, 0.6) is 23.0 Å². The normalized spacial score (nSPS) is 11.7. The molecule has 0 saturated heterocycles. The van der Waals surface area contributed by atoms with Gasteiger partial charge in [0.2, 0.25) is 6.79 Å². The second kappa shape index (κ2) is 10.9. The lowest BCUT2D eigenvalue weighted by Gasteiger charge is -2.14. The molecule has 0 radical (unpaired) electrons. The first-order valence-corrected chi connectivity index (χ1v) is 11.9. The lowest BCUT2D eigenvalue weighted by atomic mass is 10.1. The second-order valence-electron chi connectivity index (χ2n) is 8.30. The molecule has 182 valence electrons. The number of benzene rings is 4. The first-order chi connectivity index (χ1) is 17.7. The molecule has 1 aliphatic heterocycles. The zero-order valence-electron chi connectivity index (χ0n) is 20.0. The maximum Gasteiger partial charge on any atom is 0.251 e. The lowest BCUT2D eigenvalue weighted by molar-refractivity contribution is 0.0950. The van der Waals surface area contributed by atoms with Gasteiger partial charge in [0.05, 0.1) is 6.61 Å². The summed E-state index contributed by atoms with van der Waals surface area (Å²) in [5.74, 6) is 2.68. The SMILES string of the molecule is CCOc1ccc(C(=O)NCc2ccc3c(c2)OCO3)cc1COc1ccc(-c2ccccc2)cc1. The Labute approximate surface area is 210 Å². The molecule has 0 saturated carbocycles. The molecule has 6 heteroatoms. The van der Waals surface area contributed by atoms with Gasteiger partial charge in [0.1, 0.15) is 18.1 Å². The molecule has 1 heterocycles. The minimum atomic E-state index is -0.177. The van der Waals surface area contributed by atoms with E-state index in [1.54, 1.807) is 6.07 Å². The van der Waals surface area contributed by atoms with Crippen LogP contribution < -0.4 is 24.3 Å². The Morgan fingerprint density at radius 3 is 2.42 bits per heavy atom. The van der Waals surface area contributed by atoms with E-state index >= 15 is 0 Å². The molecule has 36 heavy (non-hydrogen) atoms. The molecule has 0 aromatic heterocycles. The summed E-state index contributed by atoms with van der Waals surface area (Å²) in [4.78, 5) is 12.9. The maximum absolute atomic E-state index is 12.9. The summed E-state index contributed by atoms with van der Waals surface area (Å²) in [6, 6.07) is 29.2. The molecule has 6 nitrogen and oxygen atoms in total. The third-order valence-electron chi connectivity index (χ3n) is 5.87. The highest BCUT2D eigenvalue weighted by Crippen LogP contribution is 2.32. The Morgan fingerprint density at radius 1 is 0.833 bits per heavy atom. The minimum absolute atomic E-state index is 0.177. The van der Waals surface area contributed by atoms with Crippen LogP contribution in [-0.4, -0.2) is 19.3 Å². The number of carbonyl (C=O) groups is 1. The van der Waals surface area contributed by atoms with E-state index in [2.05, 4.69) is 17.4 Å². The van der Waals surface area contributed by atoms with Crippen molar-refractivity contribution in [2.75, 3.05) is 13.4 Å². The zero-order chi connectivity index (χ0) is 24.7. The number of ether oxygens (including phenoxy) is 4. The average Bonchev–Trinajstić information content (AvgIpc) is 3.40. The van der Waals surface area contributed by atoms with E-state index in [9.17, 15) is 4.79 Å². The molecule has 0 fully saturated rings. The van der Waals surface area contributed by atoms with Gasteiger partial charge < -0.3 is 24.3 Å². The quantitative estimate of drug-likeness (QED) is 0.318. The number of nitrogens with one attached hydrogen (secondary N) is 1. The largest absolute Gasteiger partial charge is 0.493 e. The Kier molecular flexibility index (Phi) is 7.03. The lowest BCUT2D eigenvalue weighted by Crippen LogP contribution is -2.23. The molecule has 4 aromatic carbocycles. The van der Waals surface area contributed by atoms with Crippen LogP contribution in [0.3, 0.4) is 0 Å². The average molecular weight is 482 g/mol. The van der Waals surface area contributed by atoms with E-state index in [-0.39, 0.29) is 19.3 Å². The van der Waals surface area contributed by atoms with Gasteiger partial charge in [-0.15, -0.1) is 0 Å². The fourth-order valence-corrected chi connectivity index (χ4v) is 4.00. The molecule has 0 aliphatic carbocycles. The van der Waals surface area contributed by atoms with Gasteiger partial charge in [-0.05, 0) is 66.1 Å². The van der Waals surface area contributed by atoms with E-state index in [1.165, 1.54) is 0 Å². The van der Waals surface area contributed by atoms with Gasteiger partial charge in [-0.1, -0.05) is 48.5 Å². The number of hydrogen-bond donors (Lipinski definition) is 1. The van der Waals surface area contributed by atoms with E-state index in [0.29, 0.717) is 30.2 Å². The predicted molar refractivity (Wildman–Crippen MR) is 138 cm³/mol. The Hall–Kier alpha value is -4.45. The molecular weight excluding hydrogens is 454 g/mol. The minimum Gasteiger partial charge on any atom is -0.493 e. The zero-order valence-corrected chi connectivity index (χ0v) is 20.0. The van der Waals surface area contributed by atoms with Gasteiger partial charge in [-0.25, -0.2) is 0 Å². The summed E-state index contributed by atoms with van der Waals surface area (Å²) >= 11 is 0. The topological polar surface area (TPSA) is 66.0 Å². The Morgan fingerprint density at radius 2 is 1.61 bits per heavy atom. The summed E-state index contributed by atoms with van der Waals surface area (Å²) in [6.45, 7) is 3.33. The second-order valence-corrected chi connectivity index (χ2v) is 8.30. The summed E-state index contributed by atoms with van der Waals surface area (Å²) in [5.41, 5.74) is 4.55. The van der Waals surface area contributed by atoms with E-state index in [4.69, 9.17) is 18.9 Å².